The van der Waals surface area contributed by atoms with Gasteiger partial charge in [-0.15, -0.1) is 24.8 Å². The molecule has 0 unspecified atom stereocenters. The summed E-state index contributed by atoms with van der Waals surface area (Å²) >= 11 is 0. The predicted molar refractivity (Wildman–Crippen MR) is 52.6 cm³/mol. The van der Waals surface area contributed by atoms with Crippen LogP contribution in [0.2, 0.25) is 0 Å². The average molecular weight is 228 g/mol. The minimum atomic E-state index is -0.987. The number of hydrogen-bond acceptors (Lipinski definition) is 3. The van der Waals surface area contributed by atoms with Gasteiger partial charge in [0, 0.05) is 19.8 Å². The van der Waals surface area contributed by atoms with E-state index >= 15 is 0 Å². The summed E-state index contributed by atoms with van der Waals surface area (Å²) in [5.41, 5.74) is 5.86. The van der Waals surface area contributed by atoms with Crippen molar-refractivity contribution in [1.29, 1.82) is 0 Å². The monoisotopic (exact) mass is 227 g/mol. The average Bonchev–Trinajstić information content (AvgIpc) is 2.30. The van der Waals surface area contributed by atoms with E-state index in [1.165, 1.54) is 10.9 Å². The number of halogens is 2. The SMILES string of the molecule is Cl.Cl.Cn1cc(C(=O)O)c(CN)n1. The summed E-state index contributed by atoms with van der Waals surface area (Å²) in [6.07, 6.45) is 1.44. The second-order valence-electron chi connectivity index (χ2n) is 2.17. The van der Waals surface area contributed by atoms with E-state index in [0.29, 0.717) is 5.69 Å². The Morgan fingerprint density at radius 3 is 2.54 bits per heavy atom. The number of carbonyl (C=O) groups is 1. The lowest BCUT2D eigenvalue weighted by Crippen LogP contribution is -2.04. The highest BCUT2D eigenvalue weighted by molar-refractivity contribution is 5.88. The summed E-state index contributed by atoms with van der Waals surface area (Å²) in [4.78, 5) is 10.5. The Bertz CT molecular complexity index is 287. The van der Waals surface area contributed by atoms with Gasteiger partial charge in [-0.1, -0.05) is 0 Å². The normalized spacial score (nSPS) is 8.46. The molecule has 0 saturated heterocycles. The van der Waals surface area contributed by atoms with Crippen molar-refractivity contribution in [3.05, 3.63) is 17.5 Å². The number of rotatable bonds is 2. The van der Waals surface area contributed by atoms with Crippen molar-refractivity contribution in [2.75, 3.05) is 0 Å². The maximum atomic E-state index is 10.5. The molecule has 7 heteroatoms. The van der Waals surface area contributed by atoms with Crippen LogP contribution in [0.5, 0.6) is 0 Å². The molecule has 0 saturated carbocycles. The third kappa shape index (κ3) is 3.22. The zero-order valence-electron chi connectivity index (χ0n) is 6.93. The molecule has 1 rings (SSSR count). The van der Waals surface area contributed by atoms with Crippen LogP contribution in [0.4, 0.5) is 0 Å². The van der Waals surface area contributed by atoms with Gasteiger partial charge >= 0.3 is 5.97 Å². The molecular weight excluding hydrogens is 217 g/mol. The molecule has 0 aliphatic carbocycles. The lowest BCUT2D eigenvalue weighted by Gasteiger charge is -1.89. The van der Waals surface area contributed by atoms with Gasteiger partial charge in [0.05, 0.1) is 5.69 Å². The molecule has 5 nitrogen and oxygen atoms in total. The van der Waals surface area contributed by atoms with Crippen LogP contribution in [-0.4, -0.2) is 20.9 Å². The molecule has 0 spiro atoms. The van der Waals surface area contributed by atoms with Gasteiger partial charge in [0.25, 0.3) is 0 Å². The third-order valence-electron chi connectivity index (χ3n) is 1.33. The van der Waals surface area contributed by atoms with Crippen LogP contribution >= 0.6 is 24.8 Å². The first-order valence-corrected chi connectivity index (χ1v) is 3.11. The highest BCUT2D eigenvalue weighted by atomic mass is 35.5. The molecular formula is C6H11Cl2N3O2. The zero-order chi connectivity index (χ0) is 8.43. The Labute approximate surface area is 87.7 Å². The molecule has 0 bridgehead atoms. The third-order valence-corrected chi connectivity index (χ3v) is 1.33. The molecule has 0 aliphatic heterocycles. The molecule has 0 fully saturated rings. The van der Waals surface area contributed by atoms with Gasteiger partial charge in [0.1, 0.15) is 5.56 Å². The van der Waals surface area contributed by atoms with E-state index < -0.39 is 5.97 Å². The molecule has 0 amide bonds. The van der Waals surface area contributed by atoms with Gasteiger partial charge in [-0.3, -0.25) is 4.68 Å². The summed E-state index contributed by atoms with van der Waals surface area (Å²) in [7, 11) is 1.66. The molecule has 0 radical (unpaired) electrons. The van der Waals surface area contributed by atoms with Crippen LogP contribution < -0.4 is 5.73 Å². The van der Waals surface area contributed by atoms with Gasteiger partial charge in [0.15, 0.2) is 0 Å². The Morgan fingerprint density at radius 2 is 2.23 bits per heavy atom. The van der Waals surface area contributed by atoms with E-state index in [2.05, 4.69) is 5.10 Å². The number of nitrogens with two attached hydrogens (primary N) is 1. The first-order chi connectivity index (χ1) is 5.15. The second kappa shape index (κ2) is 5.80. The minimum Gasteiger partial charge on any atom is -0.478 e. The molecule has 0 atom stereocenters. The fourth-order valence-corrected chi connectivity index (χ4v) is 0.864. The van der Waals surface area contributed by atoms with Crippen LogP contribution in [0.3, 0.4) is 0 Å². The fourth-order valence-electron chi connectivity index (χ4n) is 0.864. The standard InChI is InChI=1S/C6H9N3O2.2ClH/c1-9-3-4(6(10)11)5(2-7)8-9;;/h3H,2,7H2,1H3,(H,10,11);2*1H. The fraction of sp³-hybridized carbons (Fsp3) is 0.333. The summed E-state index contributed by atoms with van der Waals surface area (Å²) in [6, 6.07) is 0. The predicted octanol–water partition coefficient (Wildman–Crippen LogP) is 0.421. The van der Waals surface area contributed by atoms with E-state index in [1.54, 1.807) is 7.05 Å². The lowest BCUT2D eigenvalue weighted by molar-refractivity contribution is 0.0695. The molecule has 0 aliphatic rings. The summed E-state index contributed by atoms with van der Waals surface area (Å²) in [6.45, 7) is 0.155. The van der Waals surface area contributed by atoms with Gasteiger partial charge < -0.3 is 10.8 Å². The van der Waals surface area contributed by atoms with E-state index in [0.717, 1.165) is 0 Å². The van der Waals surface area contributed by atoms with Crippen molar-refractivity contribution < 1.29 is 9.90 Å². The summed E-state index contributed by atoms with van der Waals surface area (Å²) in [5.74, 6) is -0.987. The highest BCUT2D eigenvalue weighted by Gasteiger charge is 2.11. The van der Waals surface area contributed by atoms with Gasteiger partial charge in [-0.05, 0) is 0 Å². The maximum absolute atomic E-state index is 10.5. The Morgan fingerprint density at radius 1 is 1.69 bits per heavy atom. The van der Waals surface area contributed by atoms with Crippen LogP contribution in [0.15, 0.2) is 6.20 Å². The maximum Gasteiger partial charge on any atom is 0.339 e. The Kier molecular flexibility index (Phi) is 6.57. The number of hydrogen-bond donors (Lipinski definition) is 2. The first kappa shape index (κ1) is 14.7. The molecule has 76 valence electrons. The van der Waals surface area contributed by atoms with Crippen LogP contribution in [0.25, 0.3) is 0 Å². The lowest BCUT2D eigenvalue weighted by atomic mass is 10.2. The molecule has 1 aromatic rings. The first-order valence-electron chi connectivity index (χ1n) is 3.11. The van der Waals surface area contributed by atoms with Crippen molar-refractivity contribution in [3.63, 3.8) is 0 Å². The van der Waals surface area contributed by atoms with Crippen molar-refractivity contribution in [2.24, 2.45) is 12.8 Å². The number of aryl methyl sites for hydroxylation is 1. The summed E-state index contributed by atoms with van der Waals surface area (Å²) < 4.78 is 1.44. The van der Waals surface area contributed by atoms with E-state index in [1.807, 2.05) is 0 Å². The number of carboxylic acid groups (broad SMARTS) is 1. The second-order valence-corrected chi connectivity index (χ2v) is 2.17. The minimum absolute atomic E-state index is 0. The zero-order valence-corrected chi connectivity index (χ0v) is 8.56. The quantitative estimate of drug-likeness (QED) is 0.768. The van der Waals surface area contributed by atoms with E-state index in [4.69, 9.17) is 10.8 Å². The molecule has 13 heavy (non-hydrogen) atoms. The molecule has 3 N–H and O–H groups in total. The van der Waals surface area contributed by atoms with Crippen LogP contribution in [0, 0.1) is 0 Å². The molecule has 1 heterocycles. The topological polar surface area (TPSA) is 81.1 Å². The van der Waals surface area contributed by atoms with Gasteiger partial charge in [-0.25, -0.2) is 4.79 Å². The van der Waals surface area contributed by atoms with E-state index in [9.17, 15) is 4.79 Å². The number of nitrogens with zero attached hydrogens (tertiary/aromatic N) is 2. The number of aromatic carboxylic acids is 1. The molecule has 0 aromatic carbocycles. The van der Waals surface area contributed by atoms with Crippen molar-refractivity contribution in [2.45, 2.75) is 6.54 Å². The largest absolute Gasteiger partial charge is 0.478 e. The molecule has 1 aromatic heterocycles. The van der Waals surface area contributed by atoms with Gasteiger partial charge in [-0.2, -0.15) is 5.10 Å². The van der Waals surface area contributed by atoms with Crippen molar-refractivity contribution in [1.82, 2.24) is 9.78 Å². The van der Waals surface area contributed by atoms with Crippen molar-refractivity contribution >= 4 is 30.8 Å². The summed E-state index contributed by atoms with van der Waals surface area (Å²) in [5, 5.41) is 12.5. The number of aromatic nitrogens is 2. The van der Waals surface area contributed by atoms with Crippen LogP contribution in [-0.2, 0) is 13.6 Å². The Balaban J connectivity index is 0. The van der Waals surface area contributed by atoms with Crippen molar-refractivity contribution in [3.8, 4) is 0 Å². The Hall–Kier alpha value is -0.780. The van der Waals surface area contributed by atoms with Gasteiger partial charge in [0.2, 0.25) is 0 Å². The smallest absolute Gasteiger partial charge is 0.339 e. The van der Waals surface area contributed by atoms with E-state index in [-0.39, 0.29) is 36.9 Å². The van der Waals surface area contributed by atoms with Crippen LogP contribution in [0.1, 0.15) is 16.1 Å². The number of carboxylic acids is 1. The highest BCUT2D eigenvalue weighted by Crippen LogP contribution is 2.04.